The lowest BCUT2D eigenvalue weighted by molar-refractivity contribution is -0.141. The van der Waals surface area contributed by atoms with E-state index in [0.29, 0.717) is 11.3 Å². The molecule has 0 aliphatic rings. The highest BCUT2D eigenvalue weighted by atomic mass is 35.5. The summed E-state index contributed by atoms with van der Waals surface area (Å²) in [7, 11) is 0. The maximum absolute atomic E-state index is 12.7. The Morgan fingerprint density at radius 3 is 2.75 bits per heavy atom. The number of nitrogens with one attached hydrogen (secondary N) is 1. The minimum absolute atomic E-state index is 0.227. The lowest BCUT2D eigenvalue weighted by Gasteiger charge is -2.07. The molecule has 0 radical (unpaired) electrons. The van der Waals surface area contributed by atoms with Crippen LogP contribution in [-0.4, -0.2) is 16.5 Å². The number of halogens is 4. The van der Waals surface area contributed by atoms with Crippen molar-refractivity contribution in [3.8, 4) is 11.6 Å². The van der Waals surface area contributed by atoms with Gasteiger partial charge in [-0.25, -0.2) is 0 Å². The largest absolute Gasteiger partial charge is 0.437 e. The summed E-state index contributed by atoms with van der Waals surface area (Å²) in [5.41, 5.74) is -1.44. The molecule has 1 heterocycles. The summed E-state index contributed by atoms with van der Waals surface area (Å²) in [6.45, 7) is 0. The van der Waals surface area contributed by atoms with Crippen molar-refractivity contribution in [1.82, 2.24) is 10.2 Å². The van der Waals surface area contributed by atoms with Crippen molar-refractivity contribution in [2.24, 2.45) is 0 Å². The first kappa shape index (κ1) is 14.4. The monoisotopic (exact) mass is 304 g/mol. The van der Waals surface area contributed by atoms with Crippen LogP contribution in [-0.2, 0) is 17.4 Å². The first-order chi connectivity index (χ1) is 9.41. The van der Waals surface area contributed by atoms with Crippen LogP contribution in [0.1, 0.15) is 11.3 Å². The molecule has 0 atom stereocenters. The maximum Gasteiger partial charge on any atom is 0.433 e. The minimum atomic E-state index is -4.64. The van der Waals surface area contributed by atoms with E-state index in [0.717, 1.165) is 0 Å². The number of H-pyrrole nitrogens is 1. The second-order valence-electron chi connectivity index (χ2n) is 3.81. The summed E-state index contributed by atoms with van der Waals surface area (Å²) in [5.74, 6) is -0.0726. The predicted octanol–water partition coefficient (Wildman–Crippen LogP) is 3.62. The van der Waals surface area contributed by atoms with Crippen LogP contribution in [0.4, 0.5) is 13.2 Å². The molecule has 20 heavy (non-hydrogen) atoms. The Morgan fingerprint density at radius 1 is 1.40 bits per heavy atom. The van der Waals surface area contributed by atoms with Crippen LogP contribution in [0.2, 0.25) is 5.02 Å². The molecule has 0 spiro atoms. The Kier molecular flexibility index (Phi) is 3.99. The van der Waals surface area contributed by atoms with E-state index in [2.05, 4.69) is 5.10 Å². The second-order valence-corrected chi connectivity index (χ2v) is 4.25. The van der Waals surface area contributed by atoms with Gasteiger partial charge >= 0.3 is 6.18 Å². The van der Waals surface area contributed by atoms with Gasteiger partial charge in [0.15, 0.2) is 0 Å². The van der Waals surface area contributed by atoms with E-state index in [1.807, 2.05) is 5.10 Å². The Morgan fingerprint density at radius 2 is 2.15 bits per heavy atom. The molecular formula is C12H8ClF3N2O2. The summed E-state index contributed by atoms with van der Waals surface area (Å²) in [6.07, 6.45) is -4.74. The van der Waals surface area contributed by atoms with E-state index in [1.54, 1.807) is 12.1 Å². The van der Waals surface area contributed by atoms with Crippen molar-refractivity contribution < 1.29 is 22.7 Å². The number of ether oxygens (including phenoxy) is 1. The lowest BCUT2D eigenvalue weighted by atomic mass is 10.2. The first-order valence-corrected chi connectivity index (χ1v) is 5.81. The third-order valence-electron chi connectivity index (χ3n) is 2.41. The second kappa shape index (κ2) is 5.54. The summed E-state index contributed by atoms with van der Waals surface area (Å²) in [5, 5.41) is 5.67. The van der Waals surface area contributed by atoms with E-state index in [4.69, 9.17) is 16.3 Å². The zero-order chi connectivity index (χ0) is 14.8. The molecule has 2 aromatic rings. The molecule has 1 aromatic carbocycles. The zero-order valence-electron chi connectivity index (χ0n) is 9.87. The molecular weight excluding hydrogens is 297 g/mol. The van der Waals surface area contributed by atoms with Crippen LogP contribution in [0.15, 0.2) is 24.3 Å². The molecule has 0 aliphatic heterocycles. The van der Waals surface area contributed by atoms with E-state index < -0.39 is 18.3 Å². The number of nitrogens with zero attached hydrogens (tertiary/aromatic N) is 1. The molecule has 0 aliphatic carbocycles. The fourth-order valence-electron chi connectivity index (χ4n) is 1.58. The van der Waals surface area contributed by atoms with E-state index >= 15 is 0 Å². The van der Waals surface area contributed by atoms with Gasteiger partial charge in [-0.1, -0.05) is 17.7 Å². The Bertz CT molecular complexity index is 625. The summed E-state index contributed by atoms with van der Waals surface area (Å²) in [6, 6.07) is 6.10. The highest BCUT2D eigenvalue weighted by molar-refractivity contribution is 6.30. The number of aromatic amines is 1. The summed E-state index contributed by atoms with van der Waals surface area (Å²) >= 11 is 5.75. The smallest absolute Gasteiger partial charge is 0.433 e. The van der Waals surface area contributed by atoms with Gasteiger partial charge in [0, 0.05) is 11.4 Å². The van der Waals surface area contributed by atoms with Gasteiger partial charge in [0.2, 0.25) is 5.88 Å². The van der Waals surface area contributed by atoms with Gasteiger partial charge in [0.05, 0.1) is 5.56 Å². The van der Waals surface area contributed by atoms with Gasteiger partial charge in [-0.15, -0.1) is 5.10 Å². The summed E-state index contributed by atoms with van der Waals surface area (Å²) in [4.78, 5) is 10.5. The van der Waals surface area contributed by atoms with E-state index in [9.17, 15) is 18.0 Å². The van der Waals surface area contributed by atoms with E-state index in [1.165, 1.54) is 12.1 Å². The van der Waals surface area contributed by atoms with Gasteiger partial charge in [-0.3, -0.25) is 5.10 Å². The van der Waals surface area contributed by atoms with Crippen LogP contribution in [0.5, 0.6) is 11.6 Å². The molecule has 0 unspecified atom stereocenters. The Hall–Kier alpha value is -2.02. The SMILES string of the molecule is O=CCc1c(Oc2cccc(Cl)c2)n[nH]c1C(F)(F)F. The molecule has 8 heteroatoms. The zero-order valence-corrected chi connectivity index (χ0v) is 10.6. The standard InChI is InChI=1S/C12H8ClF3N2O2/c13-7-2-1-3-8(6-7)20-11-9(4-5-19)10(17-18-11)12(14,15)16/h1-3,5-6H,4H2,(H,17,18). The molecule has 0 saturated heterocycles. The quantitative estimate of drug-likeness (QED) is 0.878. The average Bonchev–Trinajstić information content (AvgIpc) is 2.73. The van der Waals surface area contributed by atoms with Crippen LogP contribution in [0.25, 0.3) is 0 Å². The van der Waals surface area contributed by atoms with Crippen molar-refractivity contribution in [3.05, 3.63) is 40.5 Å². The van der Waals surface area contributed by atoms with E-state index in [-0.39, 0.29) is 17.2 Å². The summed E-state index contributed by atoms with van der Waals surface area (Å²) < 4.78 is 43.4. The lowest BCUT2D eigenvalue weighted by Crippen LogP contribution is -2.09. The number of benzene rings is 1. The minimum Gasteiger partial charge on any atom is -0.437 e. The Balaban J connectivity index is 2.37. The molecule has 0 bridgehead atoms. The Labute approximate surface area is 116 Å². The van der Waals surface area contributed by atoms with Crippen molar-refractivity contribution in [2.45, 2.75) is 12.6 Å². The molecule has 106 valence electrons. The highest BCUT2D eigenvalue weighted by Gasteiger charge is 2.37. The number of aldehydes is 1. The average molecular weight is 305 g/mol. The predicted molar refractivity (Wildman–Crippen MR) is 64.9 cm³/mol. The fourth-order valence-corrected chi connectivity index (χ4v) is 1.76. The molecule has 1 N–H and O–H groups in total. The highest BCUT2D eigenvalue weighted by Crippen LogP contribution is 2.35. The number of hydrogen-bond donors (Lipinski definition) is 1. The van der Waals surface area contributed by atoms with Crippen LogP contribution >= 0.6 is 11.6 Å². The number of hydrogen-bond acceptors (Lipinski definition) is 3. The fraction of sp³-hybridized carbons (Fsp3) is 0.167. The van der Waals surface area contributed by atoms with Crippen LogP contribution in [0, 0.1) is 0 Å². The van der Waals surface area contributed by atoms with Crippen LogP contribution < -0.4 is 4.74 Å². The molecule has 1 aromatic heterocycles. The molecule has 2 rings (SSSR count). The molecule has 4 nitrogen and oxygen atoms in total. The van der Waals surface area contributed by atoms with Crippen LogP contribution in [0.3, 0.4) is 0 Å². The van der Waals surface area contributed by atoms with Gasteiger partial charge in [0.25, 0.3) is 0 Å². The van der Waals surface area contributed by atoms with Gasteiger partial charge in [0.1, 0.15) is 17.7 Å². The number of alkyl halides is 3. The van der Waals surface area contributed by atoms with Gasteiger partial charge in [-0.2, -0.15) is 13.2 Å². The number of carbonyl (C=O) groups is 1. The molecule has 0 amide bonds. The number of carbonyl (C=O) groups excluding carboxylic acids is 1. The number of aromatic nitrogens is 2. The first-order valence-electron chi connectivity index (χ1n) is 5.43. The third-order valence-corrected chi connectivity index (χ3v) is 2.65. The van der Waals surface area contributed by atoms with Crippen molar-refractivity contribution in [2.75, 3.05) is 0 Å². The number of rotatable bonds is 4. The van der Waals surface area contributed by atoms with Crippen molar-refractivity contribution in [3.63, 3.8) is 0 Å². The van der Waals surface area contributed by atoms with Gasteiger partial charge < -0.3 is 9.53 Å². The van der Waals surface area contributed by atoms with Crippen molar-refractivity contribution in [1.29, 1.82) is 0 Å². The normalized spacial score (nSPS) is 11.4. The topological polar surface area (TPSA) is 55.0 Å². The maximum atomic E-state index is 12.7. The van der Waals surface area contributed by atoms with Gasteiger partial charge in [-0.05, 0) is 18.2 Å². The third kappa shape index (κ3) is 3.11. The van der Waals surface area contributed by atoms with Crippen molar-refractivity contribution >= 4 is 17.9 Å². The molecule has 0 saturated carbocycles. The molecule has 0 fully saturated rings.